The van der Waals surface area contributed by atoms with Crippen molar-refractivity contribution in [1.29, 1.82) is 0 Å². The van der Waals surface area contributed by atoms with Gasteiger partial charge in [0.05, 0.1) is 11.6 Å². The Morgan fingerprint density at radius 1 is 1.05 bits per heavy atom. The third-order valence-corrected chi connectivity index (χ3v) is 7.98. The summed E-state index contributed by atoms with van der Waals surface area (Å²) in [6, 6.07) is 14.8. The van der Waals surface area contributed by atoms with Gasteiger partial charge in [-0.3, -0.25) is 4.90 Å². The van der Waals surface area contributed by atoms with E-state index in [9.17, 15) is 23.1 Å². The highest BCUT2D eigenvalue weighted by atomic mass is 19.4. The number of imidazole rings is 1. The lowest BCUT2D eigenvalue weighted by atomic mass is 9.80. The number of carboxylic acid groups (broad SMARTS) is 1. The molecule has 5 rings (SSSR count). The van der Waals surface area contributed by atoms with E-state index in [0.29, 0.717) is 35.2 Å². The van der Waals surface area contributed by atoms with E-state index in [1.165, 1.54) is 12.1 Å². The molecule has 0 saturated heterocycles. The number of nitrogens with one attached hydrogen (secondary N) is 1. The Labute approximate surface area is 236 Å². The van der Waals surface area contributed by atoms with E-state index in [1.807, 2.05) is 55.8 Å². The van der Waals surface area contributed by atoms with E-state index in [4.69, 9.17) is 4.98 Å². The Kier molecular flexibility index (Phi) is 7.99. The van der Waals surface area contributed by atoms with Gasteiger partial charge in [0.1, 0.15) is 11.3 Å². The molecule has 8 nitrogen and oxygen atoms in total. The SMILES string of the molecule is CC(Nc1nc(C(=O)O)nc2nc(C(C)N(C)Cc3ccccc3)n(Cc3ccc(C(F)(F)F)cc3)c12)C1CCC1. The molecule has 216 valence electrons. The Morgan fingerprint density at radius 2 is 1.73 bits per heavy atom. The molecule has 11 heteroatoms. The standard InChI is InChI=1S/C30H33F3N6O2/c1-18(22-10-7-11-22)34-25-24-26(36-27(35-25)29(40)41)37-28(19(2)38(3)16-20-8-5-4-6-9-20)39(24)17-21-12-14-23(15-13-21)30(31,32)33/h4-6,8-9,12-15,18-19,22H,7,10-11,16-17H2,1-3H3,(H,40,41)(H,34,35,36). The summed E-state index contributed by atoms with van der Waals surface area (Å²) in [4.78, 5) is 27.5. The number of hydrogen-bond acceptors (Lipinski definition) is 6. The zero-order valence-corrected chi connectivity index (χ0v) is 23.2. The van der Waals surface area contributed by atoms with Gasteiger partial charge in [-0.25, -0.2) is 19.7 Å². The molecule has 4 aromatic rings. The van der Waals surface area contributed by atoms with Crippen molar-refractivity contribution in [2.24, 2.45) is 5.92 Å². The molecular formula is C30H33F3N6O2. The highest BCUT2D eigenvalue weighted by Crippen LogP contribution is 2.34. The summed E-state index contributed by atoms with van der Waals surface area (Å²) in [5, 5.41) is 13.2. The van der Waals surface area contributed by atoms with Gasteiger partial charge in [-0.15, -0.1) is 0 Å². The lowest BCUT2D eigenvalue weighted by Crippen LogP contribution is -2.31. The number of carbonyl (C=O) groups is 1. The van der Waals surface area contributed by atoms with Crippen LogP contribution in [0.2, 0.25) is 0 Å². The zero-order chi connectivity index (χ0) is 29.3. The first-order chi connectivity index (χ1) is 19.5. The molecule has 2 atom stereocenters. The Hall–Kier alpha value is -3.99. The van der Waals surface area contributed by atoms with Crippen LogP contribution in [0.15, 0.2) is 54.6 Å². The monoisotopic (exact) mass is 566 g/mol. The lowest BCUT2D eigenvalue weighted by molar-refractivity contribution is -0.137. The number of hydrogen-bond donors (Lipinski definition) is 2. The molecule has 1 fully saturated rings. The van der Waals surface area contributed by atoms with Gasteiger partial charge in [0.2, 0.25) is 5.82 Å². The summed E-state index contributed by atoms with van der Waals surface area (Å²) in [6.07, 6.45) is -1.13. The number of halogens is 3. The van der Waals surface area contributed by atoms with Crippen LogP contribution < -0.4 is 5.32 Å². The van der Waals surface area contributed by atoms with Crippen molar-refractivity contribution >= 4 is 23.0 Å². The molecule has 41 heavy (non-hydrogen) atoms. The minimum Gasteiger partial charge on any atom is -0.475 e. The maximum Gasteiger partial charge on any atom is 0.416 e. The Bertz CT molecular complexity index is 1520. The smallest absolute Gasteiger partial charge is 0.416 e. The van der Waals surface area contributed by atoms with Crippen molar-refractivity contribution in [3.05, 3.63) is 82.9 Å². The average molecular weight is 567 g/mol. The fourth-order valence-electron chi connectivity index (χ4n) is 5.19. The molecule has 1 aliphatic rings. The van der Waals surface area contributed by atoms with Crippen LogP contribution in [0.4, 0.5) is 19.0 Å². The third-order valence-electron chi connectivity index (χ3n) is 7.98. The molecule has 0 aliphatic heterocycles. The molecule has 0 radical (unpaired) electrons. The number of benzene rings is 2. The van der Waals surface area contributed by atoms with Crippen molar-refractivity contribution in [3.8, 4) is 0 Å². The van der Waals surface area contributed by atoms with Crippen LogP contribution in [-0.2, 0) is 19.3 Å². The molecule has 2 N–H and O–H groups in total. The van der Waals surface area contributed by atoms with Crippen LogP contribution in [0.3, 0.4) is 0 Å². The quantitative estimate of drug-likeness (QED) is 0.230. The molecule has 2 unspecified atom stereocenters. The first-order valence-electron chi connectivity index (χ1n) is 13.7. The van der Waals surface area contributed by atoms with Gasteiger partial charge in [-0.1, -0.05) is 48.9 Å². The van der Waals surface area contributed by atoms with Crippen molar-refractivity contribution in [1.82, 2.24) is 24.4 Å². The highest BCUT2D eigenvalue weighted by molar-refractivity contribution is 5.90. The maximum atomic E-state index is 13.2. The van der Waals surface area contributed by atoms with Crippen LogP contribution in [0.1, 0.15) is 72.3 Å². The number of nitrogens with zero attached hydrogens (tertiary/aromatic N) is 5. The molecule has 0 amide bonds. The minimum atomic E-state index is -4.43. The zero-order valence-electron chi connectivity index (χ0n) is 23.2. The average Bonchev–Trinajstić information content (AvgIpc) is 3.25. The van der Waals surface area contributed by atoms with Gasteiger partial charge >= 0.3 is 12.1 Å². The van der Waals surface area contributed by atoms with Crippen molar-refractivity contribution in [3.63, 3.8) is 0 Å². The van der Waals surface area contributed by atoms with Crippen molar-refractivity contribution in [2.75, 3.05) is 12.4 Å². The minimum absolute atomic E-state index is 0.0412. The number of alkyl halides is 3. The largest absolute Gasteiger partial charge is 0.475 e. The summed E-state index contributed by atoms with van der Waals surface area (Å²) in [7, 11) is 1.96. The van der Waals surface area contributed by atoms with Gasteiger partial charge in [0, 0.05) is 19.1 Å². The Morgan fingerprint density at radius 3 is 2.32 bits per heavy atom. The van der Waals surface area contributed by atoms with Crippen LogP contribution in [-0.4, -0.2) is 48.6 Å². The van der Waals surface area contributed by atoms with E-state index in [0.717, 1.165) is 37.0 Å². The second-order valence-electron chi connectivity index (χ2n) is 10.8. The fourth-order valence-corrected chi connectivity index (χ4v) is 5.19. The predicted molar refractivity (Wildman–Crippen MR) is 150 cm³/mol. The van der Waals surface area contributed by atoms with Gasteiger partial charge in [-0.2, -0.15) is 13.2 Å². The van der Waals surface area contributed by atoms with Crippen LogP contribution >= 0.6 is 0 Å². The molecule has 1 saturated carbocycles. The molecule has 2 aromatic carbocycles. The number of aromatic carboxylic acids is 1. The lowest BCUT2D eigenvalue weighted by Gasteiger charge is -2.32. The van der Waals surface area contributed by atoms with Gasteiger partial charge < -0.3 is 15.0 Å². The molecular weight excluding hydrogens is 533 g/mol. The molecule has 0 bridgehead atoms. The predicted octanol–water partition coefficient (Wildman–Crippen LogP) is 6.39. The van der Waals surface area contributed by atoms with Crippen molar-refractivity contribution < 1.29 is 23.1 Å². The van der Waals surface area contributed by atoms with E-state index in [1.54, 1.807) is 0 Å². The summed E-state index contributed by atoms with van der Waals surface area (Å²) in [6.45, 7) is 4.87. The highest BCUT2D eigenvalue weighted by Gasteiger charge is 2.31. The van der Waals surface area contributed by atoms with Gasteiger partial charge in [-0.05, 0) is 62.9 Å². The normalized spacial score (nSPS) is 15.6. The number of anilines is 1. The summed E-state index contributed by atoms with van der Waals surface area (Å²) in [5.74, 6) is -0.226. The molecule has 2 heterocycles. The second-order valence-corrected chi connectivity index (χ2v) is 10.8. The van der Waals surface area contributed by atoms with E-state index in [-0.39, 0.29) is 30.1 Å². The van der Waals surface area contributed by atoms with E-state index in [2.05, 4.69) is 20.2 Å². The topological polar surface area (TPSA) is 96.2 Å². The number of rotatable bonds is 10. The van der Waals surface area contributed by atoms with Gasteiger partial charge in [0.15, 0.2) is 11.5 Å². The van der Waals surface area contributed by atoms with E-state index < -0.39 is 17.7 Å². The number of carboxylic acids is 1. The van der Waals surface area contributed by atoms with Gasteiger partial charge in [0.25, 0.3) is 0 Å². The molecule has 2 aromatic heterocycles. The van der Waals surface area contributed by atoms with E-state index >= 15 is 0 Å². The number of fused-ring (bicyclic) bond motifs is 1. The fraction of sp³-hybridized carbons (Fsp3) is 0.400. The third kappa shape index (κ3) is 6.19. The first kappa shape index (κ1) is 28.5. The Balaban J connectivity index is 1.61. The summed E-state index contributed by atoms with van der Waals surface area (Å²) < 4.78 is 41.6. The number of aromatic nitrogens is 4. The maximum absolute atomic E-state index is 13.2. The second kappa shape index (κ2) is 11.5. The molecule has 0 spiro atoms. The van der Waals surface area contributed by atoms with Crippen molar-refractivity contribution in [2.45, 2.75) is 64.5 Å². The molecule has 1 aliphatic carbocycles. The van der Waals surface area contributed by atoms with Crippen LogP contribution in [0, 0.1) is 5.92 Å². The van der Waals surface area contributed by atoms with Crippen LogP contribution in [0.25, 0.3) is 11.2 Å². The summed E-state index contributed by atoms with van der Waals surface area (Å²) in [5.41, 5.74) is 1.77. The van der Waals surface area contributed by atoms with Crippen LogP contribution in [0.5, 0.6) is 0 Å². The first-order valence-corrected chi connectivity index (χ1v) is 13.7. The summed E-state index contributed by atoms with van der Waals surface area (Å²) >= 11 is 0.